The van der Waals surface area contributed by atoms with Gasteiger partial charge in [0.2, 0.25) is 17.8 Å². The average Bonchev–Trinajstić information content (AvgIpc) is 3.09. The van der Waals surface area contributed by atoms with Gasteiger partial charge in [0, 0.05) is 25.8 Å². The monoisotopic (exact) mass is 417 g/mol. The summed E-state index contributed by atoms with van der Waals surface area (Å²) in [4.78, 5) is 14.8. The molecular formula is C17H20FN9OS. The molecule has 1 aromatic carbocycles. The molecule has 0 radical (unpaired) electrons. The van der Waals surface area contributed by atoms with Gasteiger partial charge in [0.05, 0.1) is 19.0 Å². The largest absolute Gasteiger partial charge is 0.378 e. The molecule has 0 saturated carbocycles. The zero-order chi connectivity index (χ0) is 20.2. The number of rotatable bonds is 6. The molecule has 3 heterocycles. The van der Waals surface area contributed by atoms with Gasteiger partial charge in [-0.3, -0.25) is 4.57 Å². The zero-order valence-electron chi connectivity index (χ0n) is 15.7. The summed E-state index contributed by atoms with van der Waals surface area (Å²) in [5.74, 6) is 1.84. The number of hydrogen-bond donors (Lipinski definition) is 2. The highest BCUT2D eigenvalue weighted by atomic mass is 32.2. The first kappa shape index (κ1) is 19.3. The van der Waals surface area contributed by atoms with Crippen LogP contribution in [0.25, 0.3) is 0 Å². The summed E-state index contributed by atoms with van der Waals surface area (Å²) in [6.07, 6.45) is 0. The van der Waals surface area contributed by atoms with E-state index in [1.807, 2.05) is 11.6 Å². The lowest BCUT2D eigenvalue weighted by Crippen LogP contribution is -2.37. The Morgan fingerprint density at radius 2 is 1.90 bits per heavy atom. The van der Waals surface area contributed by atoms with Crippen LogP contribution in [0, 0.1) is 5.82 Å². The Bertz CT molecular complexity index is 976. The number of thioether (sulfide) groups is 1. The van der Waals surface area contributed by atoms with E-state index in [9.17, 15) is 4.39 Å². The molecular weight excluding hydrogens is 397 g/mol. The van der Waals surface area contributed by atoms with Crippen molar-refractivity contribution in [2.75, 3.05) is 42.3 Å². The van der Waals surface area contributed by atoms with Crippen LogP contribution < -0.4 is 16.0 Å². The zero-order valence-corrected chi connectivity index (χ0v) is 16.6. The number of hydrogen-bond acceptors (Lipinski definition) is 10. The van der Waals surface area contributed by atoms with E-state index in [0.29, 0.717) is 36.4 Å². The Morgan fingerprint density at radius 1 is 1.14 bits per heavy atom. The lowest BCUT2D eigenvalue weighted by Gasteiger charge is -2.27. The van der Waals surface area contributed by atoms with Gasteiger partial charge in [-0.15, -0.1) is 10.2 Å². The van der Waals surface area contributed by atoms with Gasteiger partial charge in [-0.05, 0) is 24.3 Å². The first-order chi connectivity index (χ1) is 14.1. The lowest BCUT2D eigenvalue weighted by atomic mass is 10.3. The molecule has 1 fully saturated rings. The summed E-state index contributed by atoms with van der Waals surface area (Å²) in [7, 11) is 1.93. The standard InChI is InChI=1S/C17H20FN9OS/c1-26-16(27-6-8-28-9-7-27)24-25-17(26)29-10-13-21-14(19)23-15(22-13)20-12-4-2-11(18)3-5-12/h2-5H,6-10H2,1H3,(H3,19,20,21,22,23). The van der Waals surface area contributed by atoms with E-state index >= 15 is 0 Å². The summed E-state index contributed by atoms with van der Waals surface area (Å²) < 4.78 is 20.4. The Kier molecular flexibility index (Phi) is 5.71. The maximum absolute atomic E-state index is 13.1. The number of morpholine rings is 1. The fourth-order valence-electron chi connectivity index (χ4n) is 2.82. The van der Waals surface area contributed by atoms with Crippen molar-refractivity contribution in [1.82, 2.24) is 29.7 Å². The summed E-state index contributed by atoms with van der Waals surface area (Å²) in [5, 5.41) is 12.3. The number of anilines is 4. The van der Waals surface area contributed by atoms with E-state index in [0.717, 1.165) is 24.2 Å². The quantitative estimate of drug-likeness (QED) is 0.572. The molecule has 152 valence electrons. The predicted molar refractivity (Wildman–Crippen MR) is 108 cm³/mol. The van der Waals surface area contributed by atoms with Crippen molar-refractivity contribution in [3.63, 3.8) is 0 Å². The van der Waals surface area contributed by atoms with Crippen molar-refractivity contribution in [1.29, 1.82) is 0 Å². The van der Waals surface area contributed by atoms with Crippen molar-refractivity contribution in [2.45, 2.75) is 10.9 Å². The third-order valence-electron chi connectivity index (χ3n) is 4.24. The van der Waals surface area contributed by atoms with Gasteiger partial charge in [0.25, 0.3) is 0 Å². The molecule has 1 saturated heterocycles. The maximum atomic E-state index is 13.1. The number of nitrogens with one attached hydrogen (secondary N) is 1. The van der Waals surface area contributed by atoms with E-state index < -0.39 is 0 Å². The molecule has 0 spiro atoms. The van der Waals surface area contributed by atoms with Crippen LogP contribution in [0.15, 0.2) is 29.4 Å². The van der Waals surface area contributed by atoms with E-state index in [1.165, 1.54) is 23.9 Å². The smallest absolute Gasteiger partial charge is 0.232 e. The maximum Gasteiger partial charge on any atom is 0.232 e. The van der Waals surface area contributed by atoms with Gasteiger partial charge < -0.3 is 20.7 Å². The Hall–Kier alpha value is -2.99. The molecule has 3 aromatic rings. The molecule has 0 bridgehead atoms. The van der Waals surface area contributed by atoms with E-state index in [-0.39, 0.29) is 11.8 Å². The molecule has 2 aromatic heterocycles. The molecule has 0 amide bonds. The third kappa shape index (κ3) is 4.71. The van der Waals surface area contributed by atoms with Crippen LogP contribution in [0.5, 0.6) is 0 Å². The minimum atomic E-state index is -0.317. The molecule has 12 heteroatoms. The van der Waals surface area contributed by atoms with Crippen LogP contribution in [0.2, 0.25) is 0 Å². The lowest BCUT2D eigenvalue weighted by molar-refractivity contribution is 0.121. The second-order valence-electron chi connectivity index (χ2n) is 6.30. The van der Waals surface area contributed by atoms with Gasteiger partial charge in [-0.1, -0.05) is 11.8 Å². The Balaban J connectivity index is 1.44. The number of nitrogen functional groups attached to an aromatic ring is 1. The van der Waals surface area contributed by atoms with Crippen LogP contribution in [0.1, 0.15) is 5.82 Å². The van der Waals surface area contributed by atoms with Crippen LogP contribution >= 0.6 is 11.8 Å². The fourth-order valence-corrected chi connectivity index (χ4v) is 3.58. The fraction of sp³-hybridized carbons (Fsp3) is 0.353. The highest BCUT2D eigenvalue weighted by molar-refractivity contribution is 7.98. The van der Waals surface area contributed by atoms with Gasteiger partial charge in [0.1, 0.15) is 11.6 Å². The topological polar surface area (TPSA) is 120 Å². The summed E-state index contributed by atoms with van der Waals surface area (Å²) in [6, 6.07) is 5.89. The van der Waals surface area contributed by atoms with Gasteiger partial charge in [0.15, 0.2) is 5.16 Å². The predicted octanol–water partition coefficient (Wildman–Crippen LogP) is 1.59. The van der Waals surface area contributed by atoms with Gasteiger partial charge >= 0.3 is 0 Å². The number of nitrogens with zero attached hydrogens (tertiary/aromatic N) is 7. The summed E-state index contributed by atoms with van der Waals surface area (Å²) in [5.41, 5.74) is 6.47. The number of halogens is 1. The third-order valence-corrected chi connectivity index (χ3v) is 5.25. The minimum absolute atomic E-state index is 0.104. The van der Waals surface area contributed by atoms with Gasteiger partial charge in [-0.2, -0.15) is 15.0 Å². The van der Waals surface area contributed by atoms with Crippen molar-refractivity contribution >= 4 is 35.3 Å². The number of nitrogens with two attached hydrogens (primary N) is 1. The van der Waals surface area contributed by atoms with E-state index in [1.54, 1.807) is 12.1 Å². The second kappa shape index (κ2) is 8.57. The van der Waals surface area contributed by atoms with Crippen molar-refractivity contribution in [3.05, 3.63) is 35.9 Å². The van der Waals surface area contributed by atoms with E-state index in [2.05, 4.69) is 35.4 Å². The first-order valence-corrected chi connectivity index (χ1v) is 9.95. The van der Waals surface area contributed by atoms with Crippen LogP contribution in [0.3, 0.4) is 0 Å². The summed E-state index contributed by atoms with van der Waals surface area (Å²) in [6.45, 7) is 2.95. The second-order valence-corrected chi connectivity index (χ2v) is 7.24. The molecule has 29 heavy (non-hydrogen) atoms. The number of benzene rings is 1. The average molecular weight is 417 g/mol. The minimum Gasteiger partial charge on any atom is -0.378 e. The van der Waals surface area contributed by atoms with Crippen molar-refractivity contribution in [2.24, 2.45) is 7.05 Å². The SMILES string of the molecule is Cn1c(SCc2nc(N)nc(Nc3ccc(F)cc3)n2)nnc1N1CCOCC1. The number of ether oxygens (including phenoxy) is 1. The first-order valence-electron chi connectivity index (χ1n) is 8.96. The molecule has 0 atom stereocenters. The van der Waals surface area contributed by atoms with Crippen molar-refractivity contribution < 1.29 is 9.13 Å². The van der Waals surface area contributed by atoms with Crippen LogP contribution in [-0.2, 0) is 17.5 Å². The molecule has 1 aliphatic heterocycles. The molecule has 10 nitrogen and oxygen atoms in total. The molecule has 1 aliphatic rings. The summed E-state index contributed by atoms with van der Waals surface area (Å²) >= 11 is 1.46. The Labute approximate surface area is 170 Å². The molecule has 0 aliphatic carbocycles. The molecule has 0 unspecified atom stereocenters. The normalized spacial score (nSPS) is 14.2. The van der Waals surface area contributed by atoms with Gasteiger partial charge in [-0.25, -0.2) is 4.39 Å². The van der Waals surface area contributed by atoms with E-state index in [4.69, 9.17) is 10.5 Å². The Morgan fingerprint density at radius 3 is 2.66 bits per heavy atom. The van der Waals surface area contributed by atoms with Crippen LogP contribution in [-0.4, -0.2) is 56.0 Å². The highest BCUT2D eigenvalue weighted by Crippen LogP contribution is 2.24. The molecule has 3 N–H and O–H groups in total. The van der Waals surface area contributed by atoms with Crippen LogP contribution in [0.4, 0.5) is 27.9 Å². The highest BCUT2D eigenvalue weighted by Gasteiger charge is 2.19. The van der Waals surface area contributed by atoms with Crippen molar-refractivity contribution in [3.8, 4) is 0 Å². The molecule has 4 rings (SSSR count). The number of aromatic nitrogens is 6.